The van der Waals surface area contributed by atoms with E-state index in [1.165, 1.54) is 13.3 Å². The van der Waals surface area contributed by atoms with E-state index in [4.69, 9.17) is 4.74 Å². The van der Waals surface area contributed by atoms with Crippen molar-refractivity contribution in [1.82, 2.24) is 5.32 Å². The Kier molecular flexibility index (Phi) is 1.60. The van der Waals surface area contributed by atoms with Gasteiger partial charge in [-0.25, -0.2) is 0 Å². The molecular formula is C8H13NO2. The molecule has 1 aliphatic heterocycles. The van der Waals surface area contributed by atoms with E-state index in [1.807, 2.05) is 0 Å². The van der Waals surface area contributed by atoms with E-state index in [9.17, 15) is 4.79 Å². The summed E-state index contributed by atoms with van der Waals surface area (Å²) in [6, 6.07) is 0.448. The number of carbonyl (C=O) groups is 1. The third-order valence-corrected chi connectivity index (χ3v) is 2.59. The monoisotopic (exact) mass is 155 g/mol. The van der Waals surface area contributed by atoms with Gasteiger partial charge in [0.1, 0.15) is 6.10 Å². The Morgan fingerprint density at radius 2 is 2.36 bits per heavy atom. The largest absolute Gasteiger partial charge is 0.461 e. The van der Waals surface area contributed by atoms with Gasteiger partial charge in [-0.1, -0.05) is 0 Å². The highest BCUT2D eigenvalue weighted by Crippen LogP contribution is 2.32. The van der Waals surface area contributed by atoms with Crippen molar-refractivity contribution >= 4 is 5.97 Å². The van der Waals surface area contributed by atoms with Gasteiger partial charge in [-0.15, -0.1) is 0 Å². The lowest BCUT2D eigenvalue weighted by molar-refractivity contribution is -0.147. The molecule has 2 fully saturated rings. The Labute approximate surface area is 66.1 Å². The zero-order valence-corrected chi connectivity index (χ0v) is 6.67. The number of rotatable bonds is 1. The Morgan fingerprint density at radius 1 is 1.55 bits per heavy atom. The molecule has 2 unspecified atom stereocenters. The number of esters is 1. The highest BCUT2D eigenvalue weighted by atomic mass is 16.5. The van der Waals surface area contributed by atoms with Crippen LogP contribution in [0, 0.1) is 5.92 Å². The summed E-state index contributed by atoms with van der Waals surface area (Å²) >= 11 is 0. The van der Waals surface area contributed by atoms with E-state index in [1.54, 1.807) is 0 Å². The van der Waals surface area contributed by atoms with Gasteiger partial charge in [-0.2, -0.15) is 0 Å². The topological polar surface area (TPSA) is 38.3 Å². The van der Waals surface area contributed by atoms with Gasteiger partial charge in [-0.05, 0) is 25.3 Å². The summed E-state index contributed by atoms with van der Waals surface area (Å²) in [6.45, 7) is 2.59. The fraction of sp³-hybridized carbons (Fsp3) is 0.875. The number of hydrogen-bond donors (Lipinski definition) is 1. The lowest BCUT2D eigenvalue weighted by Crippen LogP contribution is -2.39. The summed E-state index contributed by atoms with van der Waals surface area (Å²) in [4.78, 5) is 10.6. The molecule has 1 aliphatic carbocycles. The van der Waals surface area contributed by atoms with Crippen LogP contribution in [0.3, 0.4) is 0 Å². The molecule has 3 heteroatoms. The highest BCUT2D eigenvalue weighted by Gasteiger charge is 2.41. The Bertz CT molecular complexity index is 181. The van der Waals surface area contributed by atoms with Crippen LogP contribution in [0.4, 0.5) is 0 Å². The molecule has 2 aliphatic rings. The fourth-order valence-corrected chi connectivity index (χ4v) is 2.14. The first-order chi connectivity index (χ1) is 5.25. The van der Waals surface area contributed by atoms with Gasteiger partial charge in [0.2, 0.25) is 0 Å². The van der Waals surface area contributed by atoms with E-state index in [0.717, 1.165) is 18.9 Å². The number of nitrogens with one attached hydrogen (secondary N) is 1. The molecule has 11 heavy (non-hydrogen) atoms. The second kappa shape index (κ2) is 2.48. The molecule has 0 aromatic carbocycles. The minimum Gasteiger partial charge on any atom is -0.461 e. The van der Waals surface area contributed by atoms with Crippen LogP contribution in [-0.2, 0) is 9.53 Å². The van der Waals surface area contributed by atoms with E-state index in [0.29, 0.717) is 6.04 Å². The summed E-state index contributed by atoms with van der Waals surface area (Å²) in [7, 11) is 0. The molecule has 2 rings (SSSR count). The van der Waals surface area contributed by atoms with Gasteiger partial charge in [0.25, 0.3) is 0 Å². The van der Waals surface area contributed by atoms with Gasteiger partial charge in [0.15, 0.2) is 0 Å². The third-order valence-electron chi connectivity index (χ3n) is 2.59. The lowest BCUT2D eigenvalue weighted by Gasteiger charge is -2.21. The molecule has 3 atom stereocenters. The third kappa shape index (κ3) is 1.25. The Morgan fingerprint density at radius 3 is 2.82 bits per heavy atom. The minimum absolute atomic E-state index is 0.149. The first kappa shape index (κ1) is 7.10. The number of piperidine rings is 1. The maximum absolute atomic E-state index is 10.6. The van der Waals surface area contributed by atoms with Crippen LogP contribution in [0.1, 0.15) is 19.8 Å². The number of carbonyl (C=O) groups excluding carboxylic acids is 1. The van der Waals surface area contributed by atoms with Crippen LogP contribution in [0.25, 0.3) is 0 Å². The lowest BCUT2D eigenvalue weighted by atomic mass is 10.1. The zero-order valence-electron chi connectivity index (χ0n) is 6.67. The van der Waals surface area contributed by atoms with Crippen molar-refractivity contribution in [3.05, 3.63) is 0 Å². The number of ether oxygens (including phenoxy) is 1. The SMILES string of the molecule is CC(=O)OC1CC2CN[C@H]1C2. The molecule has 2 bridgehead atoms. The van der Waals surface area contributed by atoms with E-state index >= 15 is 0 Å². The molecule has 1 N–H and O–H groups in total. The Balaban J connectivity index is 1.92. The second-order valence-electron chi connectivity index (χ2n) is 3.50. The van der Waals surface area contributed by atoms with Crippen LogP contribution in [0.15, 0.2) is 0 Å². The molecule has 62 valence electrons. The molecule has 0 aromatic rings. The van der Waals surface area contributed by atoms with Crippen molar-refractivity contribution in [2.24, 2.45) is 5.92 Å². The van der Waals surface area contributed by atoms with Crippen molar-refractivity contribution in [3.63, 3.8) is 0 Å². The molecule has 0 aromatic heterocycles. The molecule has 1 saturated carbocycles. The average molecular weight is 155 g/mol. The van der Waals surface area contributed by atoms with Crippen LogP contribution < -0.4 is 5.32 Å². The summed E-state index contributed by atoms with van der Waals surface area (Å²) in [5, 5.41) is 3.33. The van der Waals surface area contributed by atoms with E-state index in [2.05, 4.69) is 5.32 Å². The van der Waals surface area contributed by atoms with Gasteiger partial charge in [0.05, 0.1) is 0 Å². The van der Waals surface area contributed by atoms with Crippen LogP contribution in [0.2, 0.25) is 0 Å². The quantitative estimate of drug-likeness (QED) is 0.553. The van der Waals surface area contributed by atoms with Crippen molar-refractivity contribution in [2.45, 2.75) is 31.9 Å². The smallest absolute Gasteiger partial charge is 0.302 e. The normalized spacial score (nSPS) is 41.0. The summed E-state index contributed by atoms with van der Waals surface area (Å²) in [5.74, 6) is 0.605. The number of fused-ring (bicyclic) bond motifs is 2. The maximum Gasteiger partial charge on any atom is 0.302 e. The first-order valence-corrected chi connectivity index (χ1v) is 4.16. The van der Waals surface area contributed by atoms with Gasteiger partial charge in [0, 0.05) is 13.0 Å². The van der Waals surface area contributed by atoms with E-state index < -0.39 is 0 Å². The summed E-state index contributed by atoms with van der Waals surface area (Å²) in [5.41, 5.74) is 0. The fourth-order valence-electron chi connectivity index (χ4n) is 2.14. The van der Waals surface area contributed by atoms with Gasteiger partial charge in [-0.3, -0.25) is 4.79 Å². The predicted molar refractivity (Wildman–Crippen MR) is 40.1 cm³/mol. The molecule has 0 radical (unpaired) electrons. The summed E-state index contributed by atoms with van der Waals surface area (Å²) < 4.78 is 5.14. The van der Waals surface area contributed by atoms with E-state index in [-0.39, 0.29) is 12.1 Å². The van der Waals surface area contributed by atoms with Gasteiger partial charge >= 0.3 is 5.97 Å². The second-order valence-corrected chi connectivity index (χ2v) is 3.50. The predicted octanol–water partition coefficient (Wildman–Crippen LogP) is 0.300. The Hall–Kier alpha value is -0.570. The molecule has 3 nitrogen and oxygen atoms in total. The van der Waals surface area contributed by atoms with Crippen molar-refractivity contribution in [1.29, 1.82) is 0 Å². The highest BCUT2D eigenvalue weighted by molar-refractivity contribution is 5.66. The minimum atomic E-state index is -0.149. The first-order valence-electron chi connectivity index (χ1n) is 4.16. The maximum atomic E-state index is 10.6. The molecule has 0 spiro atoms. The zero-order chi connectivity index (χ0) is 7.84. The van der Waals surface area contributed by atoms with Crippen molar-refractivity contribution in [2.75, 3.05) is 6.54 Å². The van der Waals surface area contributed by atoms with Crippen LogP contribution in [-0.4, -0.2) is 24.7 Å². The molecule has 1 saturated heterocycles. The number of hydrogen-bond acceptors (Lipinski definition) is 3. The standard InChI is InChI=1S/C8H13NO2/c1-5(10)11-8-3-6-2-7(8)9-4-6/h6-9H,2-4H2,1H3/t6?,7-,8?/m0/s1. The molecule has 0 amide bonds. The van der Waals surface area contributed by atoms with Crippen LogP contribution >= 0.6 is 0 Å². The summed E-state index contributed by atoms with van der Waals surface area (Å²) in [6.07, 6.45) is 2.42. The molecular weight excluding hydrogens is 142 g/mol. The van der Waals surface area contributed by atoms with Gasteiger partial charge < -0.3 is 10.1 Å². The van der Waals surface area contributed by atoms with Crippen molar-refractivity contribution in [3.8, 4) is 0 Å². The van der Waals surface area contributed by atoms with Crippen LogP contribution in [0.5, 0.6) is 0 Å². The van der Waals surface area contributed by atoms with Crippen molar-refractivity contribution < 1.29 is 9.53 Å². The average Bonchev–Trinajstić information content (AvgIpc) is 2.45. The molecule has 1 heterocycles.